The maximum atomic E-state index is 12.5. The van der Waals surface area contributed by atoms with Gasteiger partial charge in [0, 0.05) is 23.9 Å². The number of hydrogen-bond donors (Lipinski definition) is 1. The number of nitrogens with zero attached hydrogens (tertiary/aromatic N) is 3. The first-order valence-electron chi connectivity index (χ1n) is 8.42. The highest BCUT2D eigenvalue weighted by Crippen LogP contribution is 2.51. The van der Waals surface area contributed by atoms with Crippen molar-refractivity contribution in [1.82, 2.24) is 9.80 Å². The van der Waals surface area contributed by atoms with Gasteiger partial charge in [-0.05, 0) is 19.8 Å². The molecule has 1 amide bonds. The Morgan fingerprint density at radius 2 is 2.15 bits per heavy atom. The second-order valence-corrected chi connectivity index (χ2v) is 8.86. The van der Waals surface area contributed by atoms with E-state index in [1.54, 1.807) is 6.92 Å². The van der Waals surface area contributed by atoms with Gasteiger partial charge in [0.1, 0.15) is 10.0 Å². The highest BCUT2D eigenvalue weighted by molar-refractivity contribution is 8.25. The van der Waals surface area contributed by atoms with Crippen molar-refractivity contribution in [2.24, 2.45) is 16.5 Å². The molecule has 3 heterocycles. The minimum atomic E-state index is -0.782. The monoisotopic (exact) mass is 411 g/mol. The first-order chi connectivity index (χ1) is 12.4. The molecule has 11 heteroatoms. The molecular weight excluding hydrogens is 392 g/mol. The van der Waals surface area contributed by atoms with Crippen LogP contribution in [0.5, 0.6) is 0 Å². The Balaban J connectivity index is 1.90. The number of carbonyl (C=O) groups excluding carboxylic acids is 2. The molecule has 0 aliphatic carbocycles. The van der Waals surface area contributed by atoms with Crippen molar-refractivity contribution < 1.29 is 19.2 Å². The van der Waals surface area contributed by atoms with Crippen molar-refractivity contribution in [3.63, 3.8) is 0 Å². The smallest absolute Gasteiger partial charge is 0.365 e. The van der Waals surface area contributed by atoms with E-state index in [0.717, 1.165) is 25.9 Å². The summed E-state index contributed by atoms with van der Waals surface area (Å²) in [6.07, 6.45) is 1.41. The van der Waals surface area contributed by atoms with E-state index >= 15 is 0 Å². The van der Waals surface area contributed by atoms with Crippen LogP contribution in [0.1, 0.15) is 26.7 Å². The van der Waals surface area contributed by atoms with Crippen molar-refractivity contribution in [3.05, 3.63) is 10.6 Å². The molecule has 2 fully saturated rings. The summed E-state index contributed by atoms with van der Waals surface area (Å²) >= 11 is 6.89. The van der Waals surface area contributed by atoms with Crippen molar-refractivity contribution >= 4 is 56.8 Å². The fraction of sp³-hybridized carbons (Fsp3) is 0.667. The fourth-order valence-electron chi connectivity index (χ4n) is 3.81. The summed E-state index contributed by atoms with van der Waals surface area (Å²) in [5, 5.41) is 9.96. The van der Waals surface area contributed by atoms with Crippen LogP contribution >= 0.6 is 32.6 Å². The van der Waals surface area contributed by atoms with Crippen LogP contribution in [0.2, 0.25) is 0 Å². The predicted octanol–water partition coefficient (Wildman–Crippen LogP) is 1.84. The van der Waals surface area contributed by atoms with Gasteiger partial charge in [-0.15, -0.1) is 0 Å². The van der Waals surface area contributed by atoms with E-state index in [0.29, 0.717) is 9.23 Å². The molecule has 4 unspecified atom stereocenters. The summed E-state index contributed by atoms with van der Waals surface area (Å²) in [6.45, 7) is 5.34. The standard InChI is InChI=1S/C15H19BN3O4PS2/c1-7-10-9(8(2)20)13(21)19(10)11(14(22)23-24-17-16)12(7)26-15(25)18-5-3-4-6-18/h7-10,20H,3-6H2,1-2H3. The van der Waals surface area contributed by atoms with Crippen LogP contribution in [0.15, 0.2) is 15.3 Å². The van der Waals surface area contributed by atoms with E-state index in [9.17, 15) is 14.7 Å². The molecule has 138 valence electrons. The van der Waals surface area contributed by atoms with Gasteiger partial charge in [0.05, 0.1) is 18.1 Å². The first kappa shape index (κ1) is 19.8. The summed E-state index contributed by atoms with van der Waals surface area (Å²) in [7, 11) is 5.01. The van der Waals surface area contributed by atoms with Crippen molar-refractivity contribution in [2.75, 3.05) is 13.1 Å². The molecule has 4 atom stereocenters. The Morgan fingerprint density at radius 1 is 1.50 bits per heavy atom. The van der Waals surface area contributed by atoms with Crippen molar-refractivity contribution in [2.45, 2.75) is 38.8 Å². The largest absolute Gasteiger partial charge is 0.393 e. The first-order valence-corrected chi connectivity index (χ1v) is 10.4. The van der Waals surface area contributed by atoms with Crippen LogP contribution in [0, 0.1) is 11.8 Å². The highest BCUT2D eigenvalue weighted by Gasteiger charge is 2.60. The Labute approximate surface area is 164 Å². The van der Waals surface area contributed by atoms with Gasteiger partial charge in [0.25, 0.3) is 7.98 Å². The van der Waals surface area contributed by atoms with Gasteiger partial charge in [-0.3, -0.25) is 4.79 Å². The summed E-state index contributed by atoms with van der Waals surface area (Å²) in [4.78, 5) is 29.3. The Hall–Kier alpha value is -0.955. The summed E-state index contributed by atoms with van der Waals surface area (Å²) < 4.78 is 8.97. The molecule has 0 spiro atoms. The lowest BCUT2D eigenvalue weighted by Crippen LogP contribution is -2.63. The van der Waals surface area contributed by atoms with Gasteiger partial charge in [-0.25, -0.2) is 4.79 Å². The Kier molecular flexibility index (Phi) is 6.06. The SMILES string of the molecule is [B]N=POC(=O)C1=C(SC(=S)N2CCCC2)C(C)C2C(C(C)O)C(=O)N12. The number of carbonyl (C=O) groups is 2. The lowest BCUT2D eigenvalue weighted by Gasteiger charge is -2.46. The normalized spacial score (nSPS) is 29.2. The topological polar surface area (TPSA) is 82.4 Å². The van der Waals surface area contributed by atoms with Crippen LogP contribution in [-0.2, 0) is 14.1 Å². The molecule has 3 aliphatic heterocycles. The number of thiocarbonyl (C=S) groups is 1. The van der Waals surface area contributed by atoms with Crippen LogP contribution in [0.3, 0.4) is 0 Å². The van der Waals surface area contributed by atoms with Gasteiger partial charge in [-0.1, -0.05) is 30.9 Å². The molecule has 0 aromatic carbocycles. The zero-order chi connectivity index (χ0) is 19.0. The molecule has 7 nitrogen and oxygen atoms in total. The average molecular weight is 411 g/mol. The Bertz CT molecular complexity index is 696. The van der Waals surface area contributed by atoms with Gasteiger partial charge in [-0.2, -0.15) is 0 Å². The number of thioether (sulfide) groups is 1. The molecule has 3 aliphatic rings. The van der Waals surface area contributed by atoms with E-state index in [1.807, 2.05) is 6.92 Å². The summed E-state index contributed by atoms with van der Waals surface area (Å²) in [5.74, 6) is -1.57. The van der Waals surface area contributed by atoms with Crippen molar-refractivity contribution in [1.29, 1.82) is 0 Å². The number of hydrogen-bond acceptors (Lipinski definition) is 7. The maximum absolute atomic E-state index is 12.5. The molecule has 2 radical (unpaired) electrons. The second kappa shape index (κ2) is 7.96. The zero-order valence-corrected chi connectivity index (χ0v) is 17.0. The van der Waals surface area contributed by atoms with Crippen LogP contribution in [-0.4, -0.2) is 64.3 Å². The van der Waals surface area contributed by atoms with E-state index in [-0.39, 0.29) is 32.2 Å². The summed E-state index contributed by atoms with van der Waals surface area (Å²) in [6, 6.07) is -0.264. The molecule has 0 bridgehead atoms. The molecule has 0 saturated carbocycles. The highest BCUT2D eigenvalue weighted by atomic mass is 32.2. The van der Waals surface area contributed by atoms with Crippen molar-refractivity contribution in [3.8, 4) is 0 Å². The predicted molar refractivity (Wildman–Crippen MR) is 104 cm³/mol. The number of fused-ring (bicyclic) bond motifs is 1. The molecular formula is C15H19BN3O4PS2. The average Bonchev–Trinajstić information content (AvgIpc) is 3.20. The van der Waals surface area contributed by atoms with E-state index < -0.39 is 18.0 Å². The number of aliphatic hydroxyl groups is 1. The number of amides is 1. The number of rotatable bonds is 4. The minimum Gasteiger partial charge on any atom is -0.393 e. The fourth-order valence-corrected chi connectivity index (χ4v) is 5.57. The molecule has 1 N–H and O–H groups in total. The van der Waals surface area contributed by atoms with Gasteiger partial charge in [0.15, 0.2) is 0 Å². The molecule has 2 saturated heterocycles. The quantitative estimate of drug-likeness (QED) is 0.327. The number of aliphatic hydroxyl groups excluding tert-OH is 1. The Morgan fingerprint density at radius 3 is 2.73 bits per heavy atom. The second-order valence-electron chi connectivity index (χ2n) is 6.60. The van der Waals surface area contributed by atoms with Gasteiger partial charge in [0.2, 0.25) is 14.5 Å². The maximum Gasteiger partial charge on any atom is 0.365 e. The molecule has 26 heavy (non-hydrogen) atoms. The van der Waals surface area contributed by atoms with Gasteiger partial charge < -0.3 is 24.1 Å². The minimum absolute atomic E-state index is 0.0315. The summed E-state index contributed by atoms with van der Waals surface area (Å²) in [5.41, 5.74) is 0.201. The number of likely N-dealkylation sites (tertiary alicyclic amines) is 1. The van der Waals surface area contributed by atoms with Crippen LogP contribution < -0.4 is 0 Å². The molecule has 0 aromatic rings. The molecule has 3 rings (SSSR count). The lowest BCUT2D eigenvalue weighted by atomic mass is 9.79. The van der Waals surface area contributed by atoms with Gasteiger partial charge >= 0.3 is 5.97 Å². The third-order valence-electron chi connectivity index (χ3n) is 5.03. The zero-order valence-electron chi connectivity index (χ0n) is 14.5. The lowest BCUT2D eigenvalue weighted by molar-refractivity contribution is -0.162. The van der Waals surface area contributed by atoms with Crippen LogP contribution in [0.25, 0.3) is 0 Å². The number of β-lactam (4-membered cyclic amide) rings is 1. The molecule has 0 aromatic heterocycles. The van der Waals surface area contributed by atoms with E-state index in [2.05, 4.69) is 9.56 Å². The van der Waals surface area contributed by atoms with Crippen LogP contribution in [0.4, 0.5) is 0 Å². The third-order valence-corrected chi connectivity index (χ3v) is 7.10. The van der Waals surface area contributed by atoms with E-state index in [4.69, 9.17) is 24.7 Å². The van der Waals surface area contributed by atoms with E-state index in [1.165, 1.54) is 16.7 Å². The third kappa shape index (κ3) is 3.32.